The number of esters is 1. The fraction of sp³-hybridized carbons (Fsp3) is 0. The van der Waals surface area contributed by atoms with Crippen molar-refractivity contribution in [1.82, 2.24) is 5.43 Å². The summed E-state index contributed by atoms with van der Waals surface area (Å²) in [6, 6.07) is 11.9. The molecule has 2 aromatic carbocycles. The van der Waals surface area contributed by atoms with Gasteiger partial charge in [0.15, 0.2) is 5.76 Å². The van der Waals surface area contributed by atoms with Gasteiger partial charge in [-0.25, -0.2) is 10.2 Å². The lowest BCUT2D eigenvalue weighted by Crippen LogP contribution is -2.17. The van der Waals surface area contributed by atoms with Crippen LogP contribution in [0.15, 0.2) is 76.5 Å². The van der Waals surface area contributed by atoms with Crippen molar-refractivity contribution in [1.29, 1.82) is 0 Å². The smallest absolute Gasteiger partial charge is 0.336 e. The maximum Gasteiger partial charge on any atom is 0.336 e. The molecule has 0 unspecified atom stereocenters. The summed E-state index contributed by atoms with van der Waals surface area (Å²) in [6.45, 7) is 0. The number of hydrogen-bond acceptors (Lipinski definition) is 9. The van der Waals surface area contributed by atoms with Gasteiger partial charge in [0.2, 0.25) is 0 Å². The molecule has 166 valence electrons. The molecule has 0 bridgehead atoms. The number of nitro benzene ring substituents is 2. The number of benzene rings is 2. The van der Waals surface area contributed by atoms with Gasteiger partial charge in [-0.15, -0.1) is 0 Å². The summed E-state index contributed by atoms with van der Waals surface area (Å²) in [5.74, 6) is -1.49. The minimum Gasteiger partial charge on any atom is -0.459 e. The van der Waals surface area contributed by atoms with Crippen LogP contribution < -0.4 is 10.2 Å². The highest BCUT2D eigenvalue weighted by Gasteiger charge is 2.13. The maximum absolute atomic E-state index is 12.2. The number of non-ortho nitro benzene ring substituents is 2. The molecule has 1 heterocycles. The largest absolute Gasteiger partial charge is 0.459 e. The highest BCUT2D eigenvalue weighted by Crippen LogP contribution is 2.23. The second kappa shape index (κ2) is 10.3. The summed E-state index contributed by atoms with van der Waals surface area (Å²) < 4.78 is 10.1. The lowest BCUT2D eigenvalue weighted by Gasteiger charge is -2.05. The lowest BCUT2D eigenvalue weighted by molar-refractivity contribution is -0.385. The summed E-state index contributed by atoms with van der Waals surface area (Å²) >= 11 is 0. The number of carbonyl (C=O) groups excluding carboxylic acids is 2. The van der Waals surface area contributed by atoms with Crippen molar-refractivity contribution in [2.24, 2.45) is 5.10 Å². The number of nitro groups is 2. The molecule has 0 aliphatic heterocycles. The van der Waals surface area contributed by atoms with Crippen LogP contribution in [0.4, 0.5) is 11.4 Å². The zero-order valence-electron chi connectivity index (χ0n) is 16.6. The third-order valence-corrected chi connectivity index (χ3v) is 4.05. The number of amides is 1. The van der Waals surface area contributed by atoms with Gasteiger partial charge in [-0.05, 0) is 42.0 Å². The number of rotatable bonds is 8. The van der Waals surface area contributed by atoms with Gasteiger partial charge in [0.05, 0.1) is 22.3 Å². The van der Waals surface area contributed by atoms with Crippen LogP contribution in [0, 0.1) is 20.2 Å². The van der Waals surface area contributed by atoms with Crippen LogP contribution in [0.2, 0.25) is 0 Å². The Morgan fingerprint density at radius 3 is 2.33 bits per heavy atom. The minimum absolute atomic E-state index is 0.00854. The Balaban J connectivity index is 1.73. The lowest BCUT2D eigenvalue weighted by atomic mass is 10.2. The Labute approximate surface area is 185 Å². The van der Waals surface area contributed by atoms with Crippen molar-refractivity contribution < 1.29 is 28.6 Å². The highest BCUT2D eigenvalue weighted by atomic mass is 16.6. The summed E-state index contributed by atoms with van der Waals surface area (Å²) in [5, 5.41) is 25.5. The molecular formula is C21H14N4O8. The quantitative estimate of drug-likeness (QED) is 0.136. The van der Waals surface area contributed by atoms with Crippen LogP contribution in [0.3, 0.4) is 0 Å². The van der Waals surface area contributed by atoms with E-state index < -0.39 is 21.7 Å². The predicted molar refractivity (Wildman–Crippen MR) is 115 cm³/mol. The molecule has 33 heavy (non-hydrogen) atoms. The Bertz CT molecular complexity index is 1250. The van der Waals surface area contributed by atoms with E-state index in [-0.39, 0.29) is 28.4 Å². The first-order valence-electron chi connectivity index (χ1n) is 9.13. The SMILES string of the molecule is O=C(/C=C/c1ccc([N+](=O)[O-])cc1)Oc1ccc([N+](=O)[O-])cc1/C=N/NC(=O)c1ccco1. The van der Waals surface area contributed by atoms with E-state index in [1.165, 1.54) is 54.8 Å². The number of furan rings is 1. The molecule has 1 aromatic heterocycles. The third-order valence-electron chi connectivity index (χ3n) is 4.05. The zero-order valence-corrected chi connectivity index (χ0v) is 16.6. The van der Waals surface area contributed by atoms with Crippen LogP contribution in [-0.4, -0.2) is 27.9 Å². The number of hydrogen-bond donors (Lipinski definition) is 1. The van der Waals surface area contributed by atoms with Gasteiger partial charge in [-0.1, -0.05) is 0 Å². The number of nitrogens with one attached hydrogen (secondary N) is 1. The van der Waals surface area contributed by atoms with E-state index in [1.54, 1.807) is 0 Å². The van der Waals surface area contributed by atoms with Crippen molar-refractivity contribution in [3.63, 3.8) is 0 Å². The Morgan fingerprint density at radius 1 is 1.00 bits per heavy atom. The van der Waals surface area contributed by atoms with E-state index in [4.69, 9.17) is 9.15 Å². The van der Waals surface area contributed by atoms with E-state index in [0.717, 1.165) is 24.4 Å². The Morgan fingerprint density at radius 2 is 1.70 bits per heavy atom. The van der Waals surface area contributed by atoms with E-state index in [9.17, 15) is 29.8 Å². The molecule has 0 radical (unpaired) electrons. The molecule has 12 heteroatoms. The van der Waals surface area contributed by atoms with Gasteiger partial charge in [0.1, 0.15) is 5.75 Å². The first-order valence-corrected chi connectivity index (χ1v) is 9.13. The highest BCUT2D eigenvalue weighted by molar-refractivity contribution is 5.94. The summed E-state index contributed by atoms with van der Waals surface area (Å²) in [6.07, 6.45) is 4.86. The van der Waals surface area contributed by atoms with E-state index in [1.807, 2.05) is 0 Å². The molecule has 1 N–H and O–H groups in total. The van der Waals surface area contributed by atoms with Crippen molar-refractivity contribution in [3.8, 4) is 5.75 Å². The van der Waals surface area contributed by atoms with E-state index in [0.29, 0.717) is 5.56 Å². The van der Waals surface area contributed by atoms with Gasteiger partial charge < -0.3 is 9.15 Å². The maximum atomic E-state index is 12.2. The monoisotopic (exact) mass is 450 g/mol. The molecule has 0 atom stereocenters. The predicted octanol–water partition coefficient (Wildman–Crippen LogP) is 3.48. The second-order valence-electron chi connectivity index (χ2n) is 6.26. The molecule has 12 nitrogen and oxygen atoms in total. The van der Waals surface area contributed by atoms with Gasteiger partial charge in [-0.3, -0.25) is 25.0 Å². The van der Waals surface area contributed by atoms with Gasteiger partial charge >= 0.3 is 11.9 Å². The molecule has 0 saturated heterocycles. The number of nitrogens with zero attached hydrogens (tertiary/aromatic N) is 3. The van der Waals surface area contributed by atoms with E-state index in [2.05, 4.69) is 10.5 Å². The normalized spacial score (nSPS) is 10.9. The Hall–Kier alpha value is -5.13. The fourth-order valence-corrected chi connectivity index (χ4v) is 2.48. The molecule has 0 aliphatic rings. The van der Waals surface area contributed by atoms with Gasteiger partial charge in [0.25, 0.3) is 11.4 Å². The fourth-order valence-electron chi connectivity index (χ4n) is 2.48. The standard InChI is InChI=1S/C21H14N4O8/c26-20(10-5-14-3-6-16(7-4-14)24(28)29)33-18-9-8-17(25(30)31)12-15(18)13-22-23-21(27)19-2-1-11-32-19/h1-13H,(H,23,27)/b10-5+,22-13+. The van der Waals surface area contributed by atoms with Gasteiger partial charge in [0, 0.05) is 35.9 Å². The minimum atomic E-state index is -0.809. The van der Waals surface area contributed by atoms with Crippen LogP contribution in [0.1, 0.15) is 21.7 Å². The van der Waals surface area contributed by atoms with Crippen LogP contribution in [0.25, 0.3) is 6.08 Å². The second-order valence-corrected chi connectivity index (χ2v) is 6.26. The molecule has 3 aromatic rings. The number of hydrazone groups is 1. The van der Waals surface area contributed by atoms with Crippen molar-refractivity contribution in [2.75, 3.05) is 0 Å². The molecule has 3 rings (SSSR count). The van der Waals surface area contributed by atoms with Crippen LogP contribution in [-0.2, 0) is 4.79 Å². The van der Waals surface area contributed by atoms with Crippen LogP contribution in [0.5, 0.6) is 5.75 Å². The van der Waals surface area contributed by atoms with Crippen LogP contribution >= 0.6 is 0 Å². The summed E-state index contributed by atoms with van der Waals surface area (Å²) in [5.41, 5.74) is 2.38. The zero-order chi connectivity index (χ0) is 23.8. The molecular weight excluding hydrogens is 436 g/mol. The molecule has 1 amide bonds. The molecule has 0 saturated carbocycles. The van der Waals surface area contributed by atoms with E-state index >= 15 is 0 Å². The topological polar surface area (TPSA) is 167 Å². The molecule has 0 fully saturated rings. The van der Waals surface area contributed by atoms with Gasteiger partial charge in [-0.2, -0.15) is 5.10 Å². The van der Waals surface area contributed by atoms with Crippen molar-refractivity contribution in [2.45, 2.75) is 0 Å². The summed E-state index contributed by atoms with van der Waals surface area (Å²) in [4.78, 5) is 44.6. The average molecular weight is 450 g/mol. The first-order chi connectivity index (χ1) is 15.8. The number of carbonyl (C=O) groups is 2. The third kappa shape index (κ3) is 6.18. The molecule has 0 aliphatic carbocycles. The van der Waals surface area contributed by atoms with Crippen molar-refractivity contribution >= 4 is 35.5 Å². The summed E-state index contributed by atoms with van der Waals surface area (Å²) in [7, 11) is 0. The number of ether oxygens (including phenoxy) is 1. The first kappa shape index (κ1) is 22.6. The average Bonchev–Trinajstić information content (AvgIpc) is 3.34. The molecule has 0 spiro atoms. The van der Waals surface area contributed by atoms with Crippen molar-refractivity contribution in [3.05, 3.63) is 104 Å². The Kier molecular flexibility index (Phi) is 7.01.